The predicted molar refractivity (Wildman–Crippen MR) is 82.0 cm³/mol. The van der Waals surface area contributed by atoms with E-state index < -0.39 is 0 Å². The Morgan fingerprint density at radius 1 is 1.38 bits per heavy atom. The van der Waals surface area contributed by atoms with E-state index in [0.29, 0.717) is 0 Å². The molecule has 0 spiro atoms. The van der Waals surface area contributed by atoms with E-state index in [-0.39, 0.29) is 17.4 Å². The van der Waals surface area contributed by atoms with Crippen molar-refractivity contribution < 1.29 is 9.53 Å². The van der Waals surface area contributed by atoms with Crippen LogP contribution in [-0.4, -0.2) is 29.5 Å². The average Bonchev–Trinajstić information content (AvgIpc) is 2.72. The second kappa shape index (κ2) is 5.34. The van der Waals surface area contributed by atoms with Crippen molar-refractivity contribution in [1.29, 1.82) is 0 Å². The molecule has 2 heterocycles. The molecule has 0 unspecified atom stereocenters. The molecule has 0 saturated carbocycles. The monoisotopic (exact) mass is 288 g/mol. The van der Waals surface area contributed by atoms with Gasteiger partial charge in [0.2, 0.25) is 5.91 Å². The highest BCUT2D eigenvalue weighted by atomic mass is 16.5. The minimum Gasteiger partial charge on any atom is -0.487 e. The highest BCUT2D eigenvalue weighted by molar-refractivity contribution is 5.76. The number of ether oxygens (including phenoxy) is 1. The van der Waals surface area contributed by atoms with E-state index in [2.05, 4.69) is 36.9 Å². The molecular formula is C17H24N2O2. The second-order valence-electron chi connectivity index (χ2n) is 6.93. The van der Waals surface area contributed by atoms with Crippen molar-refractivity contribution in [1.82, 2.24) is 4.90 Å². The van der Waals surface area contributed by atoms with Crippen LogP contribution in [0.1, 0.15) is 37.8 Å². The van der Waals surface area contributed by atoms with Crippen molar-refractivity contribution in [2.75, 3.05) is 13.1 Å². The van der Waals surface area contributed by atoms with Crippen LogP contribution in [0.3, 0.4) is 0 Å². The third-order valence-corrected chi connectivity index (χ3v) is 4.52. The van der Waals surface area contributed by atoms with Crippen LogP contribution in [0.2, 0.25) is 0 Å². The van der Waals surface area contributed by atoms with Gasteiger partial charge in [0.25, 0.3) is 0 Å². The number of rotatable bonds is 3. The van der Waals surface area contributed by atoms with Gasteiger partial charge in [-0.2, -0.15) is 0 Å². The predicted octanol–water partition coefficient (Wildman–Crippen LogP) is 2.10. The van der Waals surface area contributed by atoms with Gasteiger partial charge in [-0.05, 0) is 57.0 Å². The van der Waals surface area contributed by atoms with E-state index >= 15 is 0 Å². The number of nitrogens with two attached hydrogens (primary N) is 1. The summed E-state index contributed by atoms with van der Waals surface area (Å²) in [5.41, 5.74) is 7.93. The SMILES string of the molecule is CC1(C)Cc2cc(CN3CCC(C(N)=O)CC3)ccc2O1. The van der Waals surface area contributed by atoms with Gasteiger partial charge in [-0.3, -0.25) is 9.69 Å². The second-order valence-corrected chi connectivity index (χ2v) is 6.93. The van der Waals surface area contributed by atoms with Crippen LogP contribution >= 0.6 is 0 Å². The number of carbonyl (C=O) groups is 1. The number of fused-ring (bicyclic) bond motifs is 1. The van der Waals surface area contributed by atoms with Crippen LogP contribution < -0.4 is 10.5 Å². The van der Waals surface area contributed by atoms with Gasteiger partial charge in [0.15, 0.2) is 0 Å². The van der Waals surface area contributed by atoms with Crippen molar-refractivity contribution in [2.45, 2.75) is 45.3 Å². The van der Waals surface area contributed by atoms with E-state index in [1.807, 2.05) is 0 Å². The van der Waals surface area contributed by atoms with Crippen molar-refractivity contribution in [3.63, 3.8) is 0 Å². The van der Waals surface area contributed by atoms with Gasteiger partial charge in [0.05, 0.1) is 0 Å². The summed E-state index contributed by atoms with van der Waals surface area (Å²) in [6.45, 7) is 7.10. The maximum atomic E-state index is 11.2. The summed E-state index contributed by atoms with van der Waals surface area (Å²) in [5.74, 6) is 0.943. The summed E-state index contributed by atoms with van der Waals surface area (Å²) in [6, 6.07) is 6.51. The van der Waals surface area contributed by atoms with Gasteiger partial charge in [0.1, 0.15) is 11.4 Å². The number of likely N-dealkylation sites (tertiary alicyclic amines) is 1. The number of hydrogen-bond donors (Lipinski definition) is 1. The average molecular weight is 288 g/mol. The fourth-order valence-corrected chi connectivity index (χ4v) is 3.40. The number of nitrogens with zero attached hydrogens (tertiary/aromatic N) is 1. The van der Waals surface area contributed by atoms with E-state index in [9.17, 15) is 4.79 Å². The number of amides is 1. The topological polar surface area (TPSA) is 55.6 Å². The highest BCUT2D eigenvalue weighted by Gasteiger charge is 2.30. The molecule has 2 N–H and O–H groups in total. The molecule has 1 aromatic carbocycles. The van der Waals surface area contributed by atoms with Crippen LogP contribution in [0.25, 0.3) is 0 Å². The first-order chi connectivity index (χ1) is 9.93. The Kier molecular flexibility index (Phi) is 3.66. The van der Waals surface area contributed by atoms with Crippen LogP contribution in [-0.2, 0) is 17.8 Å². The first kappa shape index (κ1) is 14.4. The van der Waals surface area contributed by atoms with Gasteiger partial charge in [-0.1, -0.05) is 12.1 Å². The van der Waals surface area contributed by atoms with Crippen LogP contribution in [0.5, 0.6) is 5.75 Å². The van der Waals surface area contributed by atoms with Crippen molar-refractivity contribution in [2.24, 2.45) is 11.7 Å². The van der Waals surface area contributed by atoms with Crippen LogP contribution in [0.4, 0.5) is 0 Å². The Balaban J connectivity index is 1.61. The molecular weight excluding hydrogens is 264 g/mol. The van der Waals surface area contributed by atoms with Gasteiger partial charge in [-0.25, -0.2) is 0 Å². The zero-order valence-corrected chi connectivity index (χ0v) is 12.9. The molecule has 2 aliphatic heterocycles. The molecule has 4 nitrogen and oxygen atoms in total. The van der Waals surface area contributed by atoms with Gasteiger partial charge in [0, 0.05) is 18.9 Å². The molecule has 3 rings (SSSR count). The van der Waals surface area contributed by atoms with Crippen LogP contribution in [0, 0.1) is 5.92 Å². The summed E-state index contributed by atoms with van der Waals surface area (Å²) in [7, 11) is 0. The lowest BCUT2D eigenvalue weighted by atomic mass is 9.95. The Morgan fingerprint density at radius 2 is 2.10 bits per heavy atom. The summed E-state index contributed by atoms with van der Waals surface area (Å²) in [4.78, 5) is 13.6. The lowest BCUT2D eigenvalue weighted by Crippen LogP contribution is -2.38. The molecule has 0 aromatic heterocycles. The third-order valence-electron chi connectivity index (χ3n) is 4.52. The molecule has 1 saturated heterocycles. The number of piperidine rings is 1. The third kappa shape index (κ3) is 3.21. The minimum atomic E-state index is -0.147. The molecule has 0 bridgehead atoms. The first-order valence-corrected chi connectivity index (χ1v) is 7.75. The quantitative estimate of drug-likeness (QED) is 0.926. The largest absolute Gasteiger partial charge is 0.487 e. The Labute approximate surface area is 126 Å². The molecule has 0 atom stereocenters. The summed E-state index contributed by atoms with van der Waals surface area (Å²) >= 11 is 0. The molecule has 0 radical (unpaired) electrons. The summed E-state index contributed by atoms with van der Waals surface area (Å²) in [6.07, 6.45) is 2.74. The molecule has 1 fully saturated rings. The number of benzene rings is 1. The maximum absolute atomic E-state index is 11.2. The van der Waals surface area contributed by atoms with E-state index in [0.717, 1.165) is 44.6 Å². The fraction of sp³-hybridized carbons (Fsp3) is 0.588. The maximum Gasteiger partial charge on any atom is 0.220 e. The summed E-state index contributed by atoms with van der Waals surface area (Å²) < 4.78 is 5.91. The molecule has 0 aliphatic carbocycles. The van der Waals surface area contributed by atoms with Crippen molar-refractivity contribution >= 4 is 5.91 Å². The van der Waals surface area contributed by atoms with E-state index in [1.165, 1.54) is 11.1 Å². The van der Waals surface area contributed by atoms with E-state index in [4.69, 9.17) is 10.5 Å². The fourth-order valence-electron chi connectivity index (χ4n) is 3.40. The Bertz CT molecular complexity index is 546. The van der Waals surface area contributed by atoms with E-state index in [1.54, 1.807) is 0 Å². The Hall–Kier alpha value is -1.55. The standard InChI is InChI=1S/C17H24N2O2/c1-17(2)10-14-9-12(3-4-15(14)21-17)11-19-7-5-13(6-8-19)16(18)20/h3-4,9,13H,5-8,10-11H2,1-2H3,(H2,18,20). The molecule has 1 amide bonds. The minimum absolute atomic E-state index is 0.0652. The number of carbonyl (C=O) groups excluding carboxylic acids is 1. The normalized spacial score (nSPS) is 21.8. The van der Waals surface area contributed by atoms with Crippen molar-refractivity contribution in [3.05, 3.63) is 29.3 Å². The number of primary amides is 1. The smallest absolute Gasteiger partial charge is 0.220 e. The van der Waals surface area contributed by atoms with Gasteiger partial charge < -0.3 is 10.5 Å². The highest BCUT2D eigenvalue weighted by Crippen LogP contribution is 2.35. The van der Waals surface area contributed by atoms with Gasteiger partial charge >= 0.3 is 0 Å². The molecule has 2 aliphatic rings. The zero-order chi connectivity index (χ0) is 15.0. The first-order valence-electron chi connectivity index (χ1n) is 7.75. The zero-order valence-electron chi connectivity index (χ0n) is 12.9. The molecule has 114 valence electrons. The lowest BCUT2D eigenvalue weighted by Gasteiger charge is -2.30. The Morgan fingerprint density at radius 3 is 2.76 bits per heavy atom. The lowest BCUT2D eigenvalue weighted by molar-refractivity contribution is -0.123. The summed E-state index contributed by atoms with van der Waals surface area (Å²) in [5, 5.41) is 0. The molecule has 4 heteroatoms. The molecule has 1 aromatic rings. The number of hydrogen-bond acceptors (Lipinski definition) is 3. The van der Waals surface area contributed by atoms with Gasteiger partial charge in [-0.15, -0.1) is 0 Å². The van der Waals surface area contributed by atoms with Crippen molar-refractivity contribution in [3.8, 4) is 5.75 Å². The van der Waals surface area contributed by atoms with Crippen LogP contribution in [0.15, 0.2) is 18.2 Å². The molecule has 21 heavy (non-hydrogen) atoms.